The first kappa shape index (κ1) is 17.8. The molecule has 0 aromatic heterocycles. The summed E-state index contributed by atoms with van der Waals surface area (Å²) in [5.74, 6) is 1.24. The highest BCUT2D eigenvalue weighted by Gasteiger charge is 2.33. The summed E-state index contributed by atoms with van der Waals surface area (Å²) >= 11 is 1.81. The van der Waals surface area contributed by atoms with E-state index in [9.17, 15) is 4.79 Å². The van der Waals surface area contributed by atoms with Crippen molar-refractivity contribution in [3.05, 3.63) is 29.8 Å². The van der Waals surface area contributed by atoms with E-state index >= 15 is 0 Å². The van der Waals surface area contributed by atoms with E-state index in [1.165, 1.54) is 10.5 Å². The molecule has 1 aromatic carbocycles. The lowest BCUT2D eigenvalue weighted by atomic mass is 9.98. The summed E-state index contributed by atoms with van der Waals surface area (Å²) < 4.78 is 5.97. The second-order valence-corrected chi connectivity index (χ2v) is 8.02. The monoisotopic (exact) mass is 348 g/mol. The molecular formula is C19H28N2O2S. The molecule has 0 spiro atoms. The fourth-order valence-corrected chi connectivity index (χ4v) is 4.68. The first-order valence-corrected chi connectivity index (χ1v) is 9.90. The highest BCUT2D eigenvalue weighted by Crippen LogP contribution is 2.40. The Kier molecular flexibility index (Phi) is 6.19. The van der Waals surface area contributed by atoms with Gasteiger partial charge in [-0.1, -0.05) is 18.2 Å². The third-order valence-corrected chi connectivity index (χ3v) is 6.04. The highest BCUT2D eigenvalue weighted by molar-refractivity contribution is 7.99. The van der Waals surface area contributed by atoms with Crippen molar-refractivity contribution in [2.45, 2.75) is 36.2 Å². The maximum Gasteiger partial charge on any atom is 0.231 e. The Hall–Kier alpha value is -1.04. The van der Waals surface area contributed by atoms with Crippen molar-refractivity contribution in [3.8, 4) is 0 Å². The van der Waals surface area contributed by atoms with Crippen LogP contribution in [0.1, 0.15) is 30.7 Å². The number of fused-ring (bicyclic) bond motifs is 1. The van der Waals surface area contributed by atoms with Crippen molar-refractivity contribution >= 4 is 17.7 Å². The summed E-state index contributed by atoms with van der Waals surface area (Å²) in [6, 6.07) is 8.33. The molecule has 2 aliphatic heterocycles. The molecule has 24 heavy (non-hydrogen) atoms. The summed E-state index contributed by atoms with van der Waals surface area (Å²) in [4.78, 5) is 18.4. The molecule has 1 unspecified atom stereocenters. The average molecular weight is 349 g/mol. The maximum atomic E-state index is 12.9. The molecule has 0 N–H and O–H groups in total. The van der Waals surface area contributed by atoms with Gasteiger partial charge in [-0.25, -0.2) is 0 Å². The first-order chi connectivity index (χ1) is 11.6. The van der Waals surface area contributed by atoms with Crippen LogP contribution in [0.2, 0.25) is 0 Å². The zero-order chi connectivity index (χ0) is 16.9. The molecule has 2 heterocycles. The Balaban J connectivity index is 1.44. The second kappa shape index (κ2) is 8.37. The van der Waals surface area contributed by atoms with Crippen LogP contribution in [0, 0.1) is 0 Å². The predicted molar refractivity (Wildman–Crippen MR) is 98.6 cm³/mol. The number of piperidine rings is 1. The van der Waals surface area contributed by atoms with Gasteiger partial charge in [0.15, 0.2) is 0 Å². The molecule has 1 aromatic rings. The van der Waals surface area contributed by atoms with Gasteiger partial charge in [0.2, 0.25) is 5.91 Å². The molecule has 3 rings (SSSR count). The SMILES string of the molecule is CN(C)CCCOC1CCN(C(=O)C2CSc3ccccc32)CC1. The summed E-state index contributed by atoms with van der Waals surface area (Å²) in [5, 5.41) is 0. The third-order valence-electron chi connectivity index (χ3n) is 4.85. The highest BCUT2D eigenvalue weighted by atomic mass is 32.2. The topological polar surface area (TPSA) is 32.8 Å². The van der Waals surface area contributed by atoms with Gasteiger partial charge < -0.3 is 14.5 Å². The molecule has 0 aliphatic carbocycles. The molecule has 1 saturated heterocycles. The molecule has 0 saturated carbocycles. The van der Waals surface area contributed by atoms with Crippen molar-refractivity contribution in [3.63, 3.8) is 0 Å². The summed E-state index contributed by atoms with van der Waals surface area (Å²) in [7, 11) is 4.17. The Bertz CT molecular complexity index is 556. The van der Waals surface area contributed by atoms with E-state index in [4.69, 9.17) is 4.74 Å². The van der Waals surface area contributed by atoms with Gasteiger partial charge in [0.1, 0.15) is 0 Å². The second-order valence-electron chi connectivity index (χ2n) is 6.95. The number of hydrogen-bond acceptors (Lipinski definition) is 4. The Morgan fingerprint density at radius 2 is 2.04 bits per heavy atom. The fourth-order valence-electron chi connectivity index (χ4n) is 3.46. The molecule has 4 nitrogen and oxygen atoms in total. The summed E-state index contributed by atoms with van der Waals surface area (Å²) in [6.45, 7) is 3.56. The molecular weight excluding hydrogens is 320 g/mol. The minimum Gasteiger partial charge on any atom is -0.378 e. The Morgan fingerprint density at radius 3 is 2.79 bits per heavy atom. The van der Waals surface area contributed by atoms with E-state index in [2.05, 4.69) is 37.2 Å². The normalized spacial score (nSPS) is 21.3. The van der Waals surface area contributed by atoms with Gasteiger partial charge in [-0.2, -0.15) is 0 Å². The average Bonchev–Trinajstić information content (AvgIpc) is 3.02. The molecule has 132 valence electrons. The molecule has 1 atom stereocenters. The van der Waals surface area contributed by atoms with Crippen LogP contribution in [-0.4, -0.2) is 67.9 Å². The molecule has 1 amide bonds. The van der Waals surface area contributed by atoms with Crippen LogP contribution < -0.4 is 0 Å². The molecule has 2 aliphatic rings. The standard InChI is InChI=1S/C19H28N2O2S/c1-20(2)10-5-13-23-15-8-11-21(12-9-15)19(22)17-14-24-18-7-4-3-6-16(17)18/h3-4,6-7,15,17H,5,8-14H2,1-2H3. The van der Waals surface area contributed by atoms with Crippen LogP contribution >= 0.6 is 11.8 Å². The lowest BCUT2D eigenvalue weighted by molar-refractivity contribution is -0.134. The van der Waals surface area contributed by atoms with Crippen molar-refractivity contribution in [2.75, 3.05) is 46.1 Å². The number of benzene rings is 1. The van der Waals surface area contributed by atoms with Gasteiger partial charge in [-0.05, 0) is 51.5 Å². The van der Waals surface area contributed by atoms with E-state index in [1.807, 2.05) is 22.7 Å². The molecule has 1 fully saturated rings. The minimum atomic E-state index is 0.0451. The Morgan fingerprint density at radius 1 is 1.29 bits per heavy atom. The van der Waals surface area contributed by atoms with Crippen molar-refractivity contribution < 1.29 is 9.53 Å². The van der Waals surface area contributed by atoms with Gasteiger partial charge in [-0.3, -0.25) is 4.79 Å². The predicted octanol–water partition coefficient (Wildman–Crippen LogP) is 2.84. The van der Waals surface area contributed by atoms with Crippen LogP contribution in [0.25, 0.3) is 0 Å². The van der Waals surface area contributed by atoms with Gasteiger partial charge in [0.25, 0.3) is 0 Å². The lowest BCUT2D eigenvalue weighted by Crippen LogP contribution is -2.43. The number of thioether (sulfide) groups is 1. The van der Waals surface area contributed by atoms with Crippen LogP contribution in [0.3, 0.4) is 0 Å². The zero-order valence-corrected chi connectivity index (χ0v) is 15.6. The number of hydrogen-bond donors (Lipinski definition) is 0. The van der Waals surface area contributed by atoms with Crippen LogP contribution in [-0.2, 0) is 9.53 Å². The fraction of sp³-hybridized carbons (Fsp3) is 0.632. The number of ether oxygens (including phenoxy) is 1. The number of amides is 1. The minimum absolute atomic E-state index is 0.0451. The molecule has 0 radical (unpaired) electrons. The third kappa shape index (κ3) is 4.32. The molecule has 5 heteroatoms. The Labute approximate surface area is 149 Å². The summed E-state index contributed by atoms with van der Waals surface area (Å²) in [5.41, 5.74) is 1.22. The van der Waals surface area contributed by atoms with Gasteiger partial charge >= 0.3 is 0 Å². The van der Waals surface area contributed by atoms with Crippen molar-refractivity contribution in [2.24, 2.45) is 0 Å². The first-order valence-electron chi connectivity index (χ1n) is 8.92. The number of nitrogens with zero attached hydrogens (tertiary/aromatic N) is 2. The van der Waals surface area contributed by atoms with Crippen molar-refractivity contribution in [1.82, 2.24) is 9.80 Å². The van der Waals surface area contributed by atoms with E-state index in [1.54, 1.807) is 0 Å². The number of carbonyl (C=O) groups is 1. The van der Waals surface area contributed by atoms with E-state index in [0.717, 1.165) is 51.3 Å². The van der Waals surface area contributed by atoms with Gasteiger partial charge in [-0.15, -0.1) is 11.8 Å². The van der Waals surface area contributed by atoms with Gasteiger partial charge in [0.05, 0.1) is 12.0 Å². The number of likely N-dealkylation sites (tertiary alicyclic amines) is 1. The van der Waals surface area contributed by atoms with Crippen molar-refractivity contribution in [1.29, 1.82) is 0 Å². The number of carbonyl (C=O) groups excluding carboxylic acids is 1. The van der Waals surface area contributed by atoms with Gasteiger partial charge in [0, 0.05) is 30.3 Å². The van der Waals surface area contributed by atoms with E-state index < -0.39 is 0 Å². The lowest BCUT2D eigenvalue weighted by Gasteiger charge is -2.33. The largest absolute Gasteiger partial charge is 0.378 e. The van der Waals surface area contributed by atoms with E-state index in [-0.39, 0.29) is 5.92 Å². The number of rotatable bonds is 6. The van der Waals surface area contributed by atoms with E-state index in [0.29, 0.717) is 12.0 Å². The smallest absolute Gasteiger partial charge is 0.231 e. The summed E-state index contributed by atoms with van der Waals surface area (Å²) in [6.07, 6.45) is 3.33. The van der Waals surface area contributed by atoms with Crippen LogP contribution in [0.15, 0.2) is 29.2 Å². The quantitative estimate of drug-likeness (QED) is 0.740. The van der Waals surface area contributed by atoms with Crippen LogP contribution in [0.5, 0.6) is 0 Å². The maximum absolute atomic E-state index is 12.9. The zero-order valence-electron chi connectivity index (χ0n) is 14.7. The van der Waals surface area contributed by atoms with Crippen LogP contribution in [0.4, 0.5) is 0 Å². The molecule has 0 bridgehead atoms.